The molecule has 0 heterocycles. The largest absolute Gasteiger partial charge is 1.00 e. The molecule has 0 saturated heterocycles. The Balaban J connectivity index is 0.000000221. The molecule has 0 N–H and O–H groups in total. The van der Waals surface area contributed by atoms with E-state index in [2.05, 4.69) is 170 Å². The van der Waals surface area contributed by atoms with Crippen molar-refractivity contribution in [3.63, 3.8) is 0 Å². The van der Waals surface area contributed by atoms with Crippen molar-refractivity contribution in [2.45, 2.75) is 60.6 Å². The van der Waals surface area contributed by atoms with E-state index >= 15 is 0 Å². The zero-order valence-electron chi connectivity index (χ0n) is 28.8. The summed E-state index contributed by atoms with van der Waals surface area (Å²) in [5.74, 6) is 0.579. The van der Waals surface area contributed by atoms with Crippen molar-refractivity contribution in [3.8, 4) is 22.3 Å². The molecule has 7 aromatic carbocycles. The molecule has 7 aromatic rings. The van der Waals surface area contributed by atoms with E-state index in [0.717, 1.165) is 0 Å². The molecule has 0 aromatic heterocycles. The van der Waals surface area contributed by atoms with Crippen LogP contribution in [0, 0.1) is 27.7 Å². The Morgan fingerprint density at radius 2 is 1.19 bits per heavy atom. The minimum Gasteiger partial charge on any atom is -1.00 e. The van der Waals surface area contributed by atoms with Gasteiger partial charge in [-0.25, -0.2) is 0 Å². The van der Waals surface area contributed by atoms with Crippen LogP contribution in [0.25, 0.3) is 54.6 Å². The van der Waals surface area contributed by atoms with Crippen molar-refractivity contribution >= 4 is 37.8 Å². The Hall–Kier alpha value is -2.74. The molecule has 7 rings (SSSR count). The summed E-state index contributed by atoms with van der Waals surface area (Å²) in [5, 5.41) is 8.08. The molecule has 0 aliphatic carbocycles. The van der Waals surface area contributed by atoms with Crippen LogP contribution in [0.15, 0.2) is 115 Å². The molecule has 0 aliphatic heterocycles. The van der Waals surface area contributed by atoms with Crippen LogP contribution >= 0.6 is 0 Å². The maximum atomic E-state index is 2.35. The van der Waals surface area contributed by atoms with Crippen LogP contribution in [0.5, 0.6) is 0 Å². The third-order valence-electron chi connectivity index (χ3n) is 8.59. The first kappa shape index (κ1) is 38.7. The second kappa shape index (κ2) is 17.1. The fourth-order valence-corrected chi connectivity index (χ4v) is 6.04. The Kier molecular flexibility index (Phi) is 14.1. The molecule has 0 bridgehead atoms. The molecule has 0 radical (unpaired) electrons. The van der Waals surface area contributed by atoms with Crippen LogP contribution < -0.4 is 24.8 Å². The molecular weight excluding hydrogens is 707 g/mol. The molecule has 0 unspecified atom stereocenters. The summed E-state index contributed by atoms with van der Waals surface area (Å²) in [6.07, 6.45) is 0. The summed E-state index contributed by atoms with van der Waals surface area (Å²) < 4.78 is 0. The van der Waals surface area contributed by atoms with E-state index in [-0.39, 0.29) is 30.2 Å². The van der Waals surface area contributed by atoms with Gasteiger partial charge in [-0.1, -0.05) is 112 Å². The average molecular weight is 751 g/mol. The smallest absolute Gasteiger partial charge is 0.0114 e. The monoisotopic (exact) mass is 748 g/mol. The van der Waals surface area contributed by atoms with Crippen molar-refractivity contribution in [3.05, 3.63) is 143 Å². The summed E-state index contributed by atoms with van der Waals surface area (Å²) in [6, 6.07) is 42.3. The van der Waals surface area contributed by atoms with Gasteiger partial charge in [0.2, 0.25) is 0 Å². The Labute approximate surface area is 309 Å². The van der Waals surface area contributed by atoms with Gasteiger partial charge in [-0.05, 0) is 52.8 Å². The summed E-state index contributed by atoms with van der Waals surface area (Å²) in [6.45, 7) is 17.8. The molecule has 4 heteroatoms. The Morgan fingerprint density at radius 3 is 1.89 bits per heavy atom. The maximum Gasteiger partial charge on any atom is -0.0114 e. The summed E-state index contributed by atoms with van der Waals surface area (Å²) in [4.78, 5) is 0. The zero-order chi connectivity index (χ0) is 32.2. The van der Waals surface area contributed by atoms with E-state index in [1.807, 2.05) is 0 Å². The van der Waals surface area contributed by atoms with Crippen molar-refractivity contribution in [2.75, 3.05) is 0 Å². The fourth-order valence-electron chi connectivity index (χ4n) is 6.04. The van der Waals surface area contributed by atoms with Gasteiger partial charge < -0.3 is 24.8 Å². The molecule has 0 nitrogen and oxygen atoms in total. The Bertz CT molecular complexity index is 2120. The van der Waals surface area contributed by atoms with Crippen LogP contribution in [0.1, 0.15) is 47.6 Å². The first-order valence-corrected chi connectivity index (χ1v) is 22.2. The molecule has 0 amide bonds. The number of fused-ring (bicyclic) bond motifs is 3. The van der Waals surface area contributed by atoms with Crippen molar-refractivity contribution in [1.29, 1.82) is 0 Å². The van der Waals surface area contributed by atoms with E-state index in [1.165, 1.54) is 82.4 Å². The van der Waals surface area contributed by atoms with Gasteiger partial charge >= 0.3 is 41.9 Å². The van der Waals surface area contributed by atoms with Gasteiger partial charge in [-0.3, -0.25) is 0 Å². The maximum absolute atomic E-state index is 2.35. The molecular formula is C43H44Cl2SiZr-2. The molecule has 0 aliphatic rings. The van der Waals surface area contributed by atoms with Crippen molar-refractivity contribution < 1.29 is 48.1 Å². The second-order valence-electron chi connectivity index (χ2n) is 12.9. The van der Waals surface area contributed by atoms with Crippen LogP contribution in [0.2, 0.25) is 13.1 Å². The SMILES string of the molecule is C[Si](C)=[Zr+2].Cc1cc2c(-c3cccc4ccccc34)ccc(C)c2[cH-]1.Cc1ccc(-c2cccc3[cH-]c(C(C)C)cc23)cc1C.[Cl-].[Cl-]. The van der Waals surface area contributed by atoms with Crippen molar-refractivity contribution in [1.82, 2.24) is 0 Å². The van der Waals surface area contributed by atoms with Crippen LogP contribution in [-0.2, 0) is 23.3 Å². The molecule has 0 atom stereocenters. The number of halogens is 2. The van der Waals surface area contributed by atoms with Gasteiger partial charge in [-0.15, -0.1) is 68.6 Å². The third-order valence-corrected chi connectivity index (χ3v) is 8.59. The van der Waals surface area contributed by atoms with E-state index in [1.54, 1.807) is 23.3 Å². The van der Waals surface area contributed by atoms with Gasteiger partial charge in [0, 0.05) is 0 Å². The number of hydrogen-bond donors (Lipinski definition) is 0. The number of hydrogen-bond acceptors (Lipinski definition) is 0. The predicted octanol–water partition coefficient (Wildman–Crippen LogP) is 6.75. The van der Waals surface area contributed by atoms with Crippen LogP contribution in [-0.4, -0.2) is 5.43 Å². The fraction of sp³-hybridized carbons (Fsp3) is 0.209. The standard InChI is InChI=1S/C21H17.C20H21.C2H6Si.2ClH.Zr/c1-14-12-20-15(2)10-11-19(21(20)13-14)18-9-5-7-16-6-3-4-8-17(16)18;1-13(2)18-11-16-6-5-7-19(20(16)12-18)17-9-8-14(3)15(4)10-17;1-3-2;;;/h3-13H,1-2H3;5-13H,1-4H3;1-2H3;2*1H;/q2*-1;;;;+2/p-2. The molecule has 240 valence electrons. The van der Waals surface area contributed by atoms with Crippen molar-refractivity contribution in [2.24, 2.45) is 0 Å². The van der Waals surface area contributed by atoms with E-state index in [0.29, 0.717) is 5.92 Å². The normalized spacial score (nSPS) is 10.5. The molecule has 0 fully saturated rings. The van der Waals surface area contributed by atoms with Gasteiger partial charge in [0.1, 0.15) is 0 Å². The number of rotatable bonds is 3. The summed E-state index contributed by atoms with van der Waals surface area (Å²) >= 11 is 1.74. The zero-order valence-corrected chi connectivity index (χ0v) is 33.8. The summed E-state index contributed by atoms with van der Waals surface area (Å²) in [7, 11) is 0. The minimum absolute atomic E-state index is 0. The van der Waals surface area contributed by atoms with Gasteiger partial charge in [0.15, 0.2) is 0 Å². The van der Waals surface area contributed by atoms with Crippen LogP contribution in [0.3, 0.4) is 0 Å². The Morgan fingerprint density at radius 1 is 0.574 bits per heavy atom. The topological polar surface area (TPSA) is 0 Å². The average Bonchev–Trinajstić information content (AvgIpc) is 3.63. The van der Waals surface area contributed by atoms with E-state index < -0.39 is 0 Å². The molecule has 0 saturated carbocycles. The van der Waals surface area contributed by atoms with Gasteiger partial charge in [0.05, 0.1) is 0 Å². The first-order chi connectivity index (χ1) is 21.5. The van der Waals surface area contributed by atoms with Gasteiger partial charge in [-0.2, -0.15) is 12.1 Å². The number of aryl methyl sites for hydroxylation is 4. The quantitative estimate of drug-likeness (QED) is 0.139. The summed E-state index contributed by atoms with van der Waals surface area (Å²) in [5.41, 5.74) is 12.4. The molecule has 0 spiro atoms. The molecule has 47 heavy (non-hydrogen) atoms. The minimum atomic E-state index is 0. The first-order valence-electron chi connectivity index (χ1n) is 16.0. The van der Waals surface area contributed by atoms with E-state index in [9.17, 15) is 0 Å². The second-order valence-corrected chi connectivity index (χ2v) is 22.2. The predicted molar refractivity (Wildman–Crippen MR) is 198 cm³/mol. The van der Waals surface area contributed by atoms with Gasteiger partial charge in [0.25, 0.3) is 0 Å². The van der Waals surface area contributed by atoms with E-state index in [4.69, 9.17) is 0 Å². The van der Waals surface area contributed by atoms with Crippen LogP contribution in [0.4, 0.5) is 0 Å². The third kappa shape index (κ3) is 9.04. The number of benzene rings is 5.